The van der Waals surface area contributed by atoms with E-state index in [0.717, 1.165) is 18.2 Å². The van der Waals surface area contributed by atoms with Crippen LogP contribution in [0.15, 0.2) is 33.6 Å². The third kappa shape index (κ3) is 4.53. The van der Waals surface area contributed by atoms with Crippen molar-refractivity contribution >= 4 is 21.9 Å². The molecule has 30 heavy (non-hydrogen) atoms. The van der Waals surface area contributed by atoms with Gasteiger partial charge >= 0.3 is 5.97 Å². The summed E-state index contributed by atoms with van der Waals surface area (Å²) in [6.07, 6.45) is 0. The molecule has 1 aromatic carbocycles. The number of benzene rings is 1. The number of amides is 1. The molecule has 9 nitrogen and oxygen atoms in total. The molecular formula is C19H21FN2O7S. The van der Waals surface area contributed by atoms with Crippen LogP contribution in [-0.4, -0.2) is 58.0 Å². The van der Waals surface area contributed by atoms with Gasteiger partial charge in [0.2, 0.25) is 10.0 Å². The number of morpholine rings is 1. The minimum Gasteiger partial charge on any atom is -0.465 e. The fourth-order valence-electron chi connectivity index (χ4n) is 2.98. The average molecular weight is 440 g/mol. The number of ether oxygens (including phenoxy) is 2. The fourth-order valence-corrected chi connectivity index (χ4v) is 4.42. The van der Waals surface area contributed by atoms with Gasteiger partial charge in [-0.2, -0.15) is 4.31 Å². The molecule has 3 rings (SSSR count). The molecule has 1 N–H and O–H groups in total. The van der Waals surface area contributed by atoms with Crippen LogP contribution in [0.2, 0.25) is 0 Å². The van der Waals surface area contributed by atoms with Crippen LogP contribution >= 0.6 is 0 Å². The van der Waals surface area contributed by atoms with Crippen LogP contribution < -0.4 is 5.32 Å². The smallest absolute Gasteiger partial charge is 0.341 e. The summed E-state index contributed by atoms with van der Waals surface area (Å²) in [4.78, 5) is 23.9. The Morgan fingerprint density at radius 1 is 1.20 bits per heavy atom. The van der Waals surface area contributed by atoms with Crippen LogP contribution in [0.4, 0.5) is 4.39 Å². The van der Waals surface area contributed by atoms with Gasteiger partial charge in [-0.3, -0.25) is 4.79 Å². The van der Waals surface area contributed by atoms with E-state index in [2.05, 4.69) is 10.1 Å². The lowest BCUT2D eigenvalue weighted by molar-refractivity contribution is 0.0598. The van der Waals surface area contributed by atoms with Crippen molar-refractivity contribution in [3.05, 3.63) is 52.7 Å². The first-order valence-corrected chi connectivity index (χ1v) is 10.5. The molecule has 1 amide bonds. The van der Waals surface area contributed by atoms with Crippen molar-refractivity contribution < 1.29 is 36.3 Å². The van der Waals surface area contributed by atoms with E-state index in [-0.39, 0.29) is 49.1 Å². The topological polar surface area (TPSA) is 115 Å². The second-order valence-electron chi connectivity index (χ2n) is 6.51. The number of sulfonamides is 1. The fraction of sp³-hybridized carbons (Fsp3) is 0.368. The Labute approximate surface area is 172 Å². The molecule has 1 aromatic heterocycles. The van der Waals surface area contributed by atoms with Gasteiger partial charge in [0.25, 0.3) is 5.91 Å². The summed E-state index contributed by atoms with van der Waals surface area (Å²) < 4.78 is 56.1. The number of furan rings is 1. The SMILES string of the molecule is COC(=O)c1cc(CNC(=O)c2cc(S(=O)(=O)N3CCOCC3)ccc2F)oc1C. The van der Waals surface area contributed by atoms with Crippen LogP contribution in [0.1, 0.15) is 32.2 Å². The highest BCUT2D eigenvalue weighted by molar-refractivity contribution is 7.89. The number of rotatable bonds is 6. The summed E-state index contributed by atoms with van der Waals surface area (Å²) in [6, 6.07) is 4.48. The summed E-state index contributed by atoms with van der Waals surface area (Å²) in [5.41, 5.74) is -0.202. The Balaban J connectivity index is 1.76. The van der Waals surface area contributed by atoms with Gasteiger partial charge in [0.05, 0.1) is 37.3 Å². The molecule has 0 saturated carbocycles. The quantitative estimate of drug-likeness (QED) is 0.676. The number of esters is 1. The maximum Gasteiger partial charge on any atom is 0.341 e. The van der Waals surface area contributed by atoms with Crippen LogP contribution in [0.25, 0.3) is 0 Å². The summed E-state index contributed by atoms with van der Waals surface area (Å²) in [7, 11) is -2.65. The van der Waals surface area contributed by atoms with Gasteiger partial charge in [-0.15, -0.1) is 0 Å². The third-order valence-electron chi connectivity index (χ3n) is 4.59. The van der Waals surface area contributed by atoms with Crippen molar-refractivity contribution in [2.75, 3.05) is 33.4 Å². The zero-order valence-electron chi connectivity index (χ0n) is 16.4. The maximum absolute atomic E-state index is 14.2. The minimum absolute atomic E-state index is 0.128. The van der Waals surface area contributed by atoms with Gasteiger partial charge in [0.15, 0.2) is 0 Å². The number of methoxy groups -OCH3 is 1. The lowest BCUT2D eigenvalue weighted by Gasteiger charge is -2.26. The number of nitrogens with one attached hydrogen (secondary N) is 1. The molecule has 1 aliphatic heterocycles. The molecule has 2 heterocycles. The Bertz CT molecular complexity index is 1060. The average Bonchev–Trinajstić information content (AvgIpc) is 3.12. The van der Waals surface area contributed by atoms with Crippen LogP contribution in [0, 0.1) is 12.7 Å². The number of hydrogen-bond acceptors (Lipinski definition) is 7. The molecule has 1 aliphatic rings. The first-order valence-electron chi connectivity index (χ1n) is 9.07. The van der Waals surface area contributed by atoms with Crippen LogP contribution in [0.5, 0.6) is 0 Å². The third-order valence-corrected chi connectivity index (χ3v) is 6.48. The van der Waals surface area contributed by atoms with Gasteiger partial charge in [0, 0.05) is 13.1 Å². The molecule has 11 heteroatoms. The number of hydrogen-bond donors (Lipinski definition) is 1. The van der Waals surface area contributed by atoms with E-state index in [0.29, 0.717) is 5.76 Å². The predicted molar refractivity (Wildman–Crippen MR) is 102 cm³/mol. The van der Waals surface area contributed by atoms with Gasteiger partial charge in [-0.1, -0.05) is 0 Å². The Kier molecular flexibility index (Phi) is 6.54. The normalized spacial score (nSPS) is 15.0. The van der Waals surface area contributed by atoms with Gasteiger partial charge in [0.1, 0.15) is 22.9 Å². The van der Waals surface area contributed by atoms with E-state index in [1.807, 2.05) is 0 Å². The van der Waals surface area contributed by atoms with Crippen LogP contribution in [-0.2, 0) is 26.0 Å². The summed E-state index contributed by atoms with van der Waals surface area (Å²) in [5.74, 6) is -1.69. The molecule has 0 bridgehead atoms. The zero-order valence-corrected chi connectivity index (χ0v) is 17.3. The molecule has 0 atom stereocenters. The largest absolute Gasteiger partial charge is 0.465 e. The van der Waals surface area contributed by atoms with Crippen molar-refractivity contribution in [3.8, 4) is 0 Å². The monoisotopic (exact) mass is 440 g/mol. The molecular weight excluding hydrogens is 419 g/mol. The Morgan fingerprint density at radius 3 is 2.57 bits per heavy atom. The van der Waals surface area contributed by atoms with Crippen LogP contribution in [0.3, 0.4) is 0 Å². The highest BCUT2D eigenvalue weighted by Gasteiger charge is 2.28. The zero-order chi connectivity index (χ0) is 21.9. The van der Waals surface area contributed by atoms with Gasteiger partial charge in [-0.05, 0) is 31.2 Å². The van der Waals surface area contributed by atoms with Crippen molar-refractivity contribution in [3.63, 3.8) is 0 Å². The molecule has 0 spiro atoms. The molecule has 1 fully saturated rings. The van der Waals surface area contributed by atoms with Crippen molar-refractivity contribution in [1.82, 2.24) is 9.62 Å². The second-order valence-corrected chi connectivity index (χ2v) is 8.45. The standard InChI is InChI=1S/C19H21FN2O7S/c1-12-15(19(24)27-2)9-13(29-12)11-21-18(23)16-10-14(3-4-17(16)20)30(25,26)22-5-7-28-8-6-22/h3-4,9-10H,5-8,11H2,1-2H3,(H,21,23). The van der Waals surface area contributed by atoms with E-state index in [1.165, 1.54) is 17.5 Å². The summed E-state index contributed by atoms with van der Waals surface area (Å²) in [6.45, 7) is 2.34. The molecule has 0 aliphatic carbocycles. The van der Waals surface area contributed by atoms with Crippen molar-refractivity contribution in [2.24, 2.45) is 0 Å². The van der Waals surface area contributed by atoms with E-state index in [4.69, 9.17) is 9.15 Å². The van der Waals surface area contributed by atoms with E-state index in [9.17, 15) is 22.4 Å². The van der Waals surface area contributed by atoms with Gasteiger partial charge < -0.3 is 19.2 Å². The van der Waals surface area contributed by atoms with E-state index >= 15 is 0 Å². The summed E-state index contributed by atoms with van der Waals surface area (Å²) >= 11 is 0. The summed E-state index contributed by atoms with van der Waals surface area (Å²) in [5, 5.41) is 2.46. The highest BCUT2D eigenvalue weighted by Crippen LogP contribution is 2.21. The maximum atomic E-state index is 14.2. The Hall–Kier alpha value is -2.76. The predicted octanol–water partition coefficient (Wildman–Crippen LogP) is 1.46. The van der Waals surface area contributed by atoms with E-state index < -0.39 is 33.3 Å². The number of carbonyl (C=O) groups excluding carboxylic acids is 2. The lowest BCUT2D eigenvalue weighted by atomic mass is 10.2. The van der Waals surface area contributed by atoms with Gasteiger partial charge in [-0.25, -0.2) is 17.6 Å². The minimum atomic E-state index is -3.88. The molecule has 0 unspecified atom stereocenters. The first kappa shape index (κ1) is 21.9. The number of aryl methyl sites for hydroxylation is 1. The van der Waals surface area contributed by atoms with E-state index in [1.54, 1.807) is 6.92 Å². The second kappa shape index (κ2) is 8.94. The number of carbonyl (C=O) groups is 2. The molecule has 1 saturated heterocycles. The van der Waals surface area contributed by atoms with Crippen molar-refractivity contribution in [2.45, 2.75) is 18.4 Å². The Morgan fingerprint density at radius 2 is 1.90 bits per heavy atom. The molecule has 0 radical (unpaired) electrons. The number of nitrogens with zero attached hydrogens (tertiary/aromatic N) is 1. The first-order chi connectivity index (χ1) is 14.2. The molecule has 2 aromatic rings. The molecule has 162 valence electrons. The highest BCUT2D eigenvalue weighted by atomic mass is 32.2. The number of halogens is 1. The lowest BCUT2D eigenvalue weighted by Crippen LogP contribution is -2.40. The van der Waals surface area contributed by atoms with Crippen molar-refractivity contribution in [1.29, 1.82) is 0 Å².